The number of hydrogen-bond donors (Lipinski definition) is 1. The largest absolute Gasteiger partial charge is 0.497 e. The summed E-state index contributed by atoms with van der Waals surface area (Å²) in [5, 5.41) is 3.20. The number of nitrogens with one attached hydrogen (secondary N) is 1. The van der Waals surface area contributed by atoms with E-state index in [2.05, 4.69) is 19.2 Å². The lowest BCUT2D eigenvalue weighted by atomic mass is 9.78. The van der Waals surface area contributed by atoms with Gasteiger partial charge in [-0.2, -0.15) is 4.31 Å². The highest BCUT2D eigenvalue weighted by Crippen LogP contribution is 2.29. The molecule has 1 aliphatic heterocycles. The molecule has 162 valence electrons. The summed E-state index contributed by atoms with van der Waals surface area (Å²) >= 11 is 0. The van der Waals surface area contributed by atoms with E-state index in [0.717, 1.165) is 6.42 Å². The molecule has 7 nitrogen and oxygen atoms in total. The van der Waals surface area contributed by atoms with Gasteiger partial charge in [0.2, 0.25) is 15.9 Å². The zero-order valence-corrected chi connectivity index (χ0v) is 18.5. The fourth-order valence-electron chi connectivity index (χ4n) is 4.27. The van der Waals surface area contributed by atoms with E-state index in [9.17, 15) is 13.2 Å². The van der Waals surface area contributed by atoms with Crippen LogP contribution < -0.4 is 10.1 Å². The van der Waals surface area contributed by atoms with Crippen LogP contribution >= 0.6 is 0 Å². The fourth-order valence-corrected chi connectivity index (χ4v) is 5.69. The van der Waals surface area contributed by atoms with Gasteiger partial charge in [0.05, 0.1) is 18.6 Å². The van der Waals surface area contributed by atoms with Gasteiger partial charge in [0.1, 0.15) is 5.75 Å². The predicted octanol–water partition coefficient (Wildman–Crippen LogP) is 1.94. The van der Waals surface area contributed by atoms with Crippen molar-refractivity contribution in [3.8, 4) is 5.75 Å². The zero-order chi connectivity index (χ0) is 21.0. The van der Waals surface area contributed by atoms with Crippen molar-refractivity contribution < 1.29 is 17.9 Å². The molecule has 0 radical (unpaired) electrons. The molecule has 1 saturated carbocycles. The van der Waals surface area contributed by atoms with Crippen LogP contribution in [0.25, 0.3) is 0 Å². The first-order valence-corrected chi connectivity index (χ1v) is 11.9. The van der Waals surface area contributed by atoms with Crippen LogP contribution in [0, 0.1) is 11.8 Å². The minimum Gasteiger partial charge on any atom is -0.497 e. The van der Waals surface area contributed by atoms with Crippen LogP contribution in [0.2, 0.25) is 0 Å². The average Bonchev–Trinajstić information content (AvgIpc) is 2.72. The molecule has 0 spiro atoms. The van der Waals surface area contributed by atoms with Crippen molar-refractivity contribution in [2.45, 2.75) is 44.0 Å². The lowest BCUT2D eigenvalue weighted by Gasteiger charge is -2.36. The van der Waals surface area contributed by atoms with Crippen LogP contribution in [0.15, 0.2) is 29.2 Å². The third-order valence-corrected chi connectivity index (χ3v) is 8.36. The molecule has 3 rings (SSSR count). The van der Waals surface area contributed by atoms with E-state index in [4.69, 9.17) is 4.74 Å². The van der Waals surface area contributed by atoms with Crippen LogP contribution in [0.4, 0.5) is 0 Å². The molecule has 1 aromatic rings. The van der Waals surface area contributed by atoms with E-state index < -0.39 is 10.0 Å². The first kappa shape index (κ1) is 22.1. The van der Waals surface area contributed by atoms with Crippen molar-refractivity contribution in [1.82, 2.24) is 14.5 Å². The van der Waals surface area contributed by atoms with Gasteiger partial charge >= 0.3 is 0 Å². The van der Waals surface area contributed by atoms with Crippen LogP contribution in [0.1, 0.15) is 33.1 Å². The topological polar surface area (TPSA) is 79.0 Å². The van der Waals surface area contributed by atoms with E-state index in [-0.39, 0.29) is 16.8 Å². The van der Waals surface area contributed by atoms with Gasteiger partial charge in [-0.3, -0.25) is 9.69 Å². The number of rotatable bonds is 6. The summed E-state index contributed by atoms with van der Waals surface area (Å²) in [4.78, 5) is 14.8. The molecule has 1 N–H and O–H groups in total. The normalized spacial score (nSPS) is 26.8. The van der Waals surface area contributed by atoms with E-state index >= 15 is 0 Å². The standard InChI is InChI=1S/C21H33N3O4S/c1-16-5-4-6-20(17(16)2)22-21(25)15-23-11-13-24(14-12-23)29(26,27)19-9-7-18(28-3)8-10-19/h7-10,16-17,20H,4-6,11-15H2,1-3H3,(H,22,25)/t16-,17+,20-/m1/s1. The fraction of sp³-hybridized carbons (Fsp3) is 0.667. The van der Waals surface area contributed by atoms with Crippen LogP contribution in [0.5, 0.6) is 5.75 Å². The zero-order valence-electron chi connectivity index (χ0n) is 17.6. The Kier molecular flexibility index (Phi) is 7.19. The molecule has 0 unspecified atom stereocenters. The maximum absolute atomic E-state index is 12.8. The van der Waals surface area contributed by atoms with E-state index in [1.165, 1.54) is 17.1 Å². The summed E-state index contributed by atoms with van der Waals surface area (Å²) in [7, 11) is -1.97. The molecule has 1 saturated heterocycles. The van der Waals surface area contributed by atoms with Crippen molar-refractivity contribution in [2.24, 2.45) is 11.8 Å². The molecule has 8 heteroatoms. The maximum Gasteiger partial charge on any atom is 0.243 e. The Morgan fingerprint density at radius 2 is 1.76 bits per heavy atom. The number of amides is 1. The second kappa shape index (κ2) is 9.45. The third kappa shape index (κ3) is 5.29. The van der Waals surface area contributed by atoms with Crippen LogP contribution in [0.3, 0.4) is 0 Å². The minimum atomic E-state index is -3.52. The second-order valence-corrected chi connectivity index (χ2v) is 10.2. The first-order valence-electron chi connectivity index (χ1n) is 10.5. The lowest BCUT2D eigenvalue weighted by molar-refractivity contribution is -0.124. The second-order valence-electron chi connectivity index (χ2n) is 8.30. The molecule has 29 heavy (non-hydrogen) atoms. The Morgan fingerprint density at radius 1 is 1.10 bits per heavy atom. The smallest absolute Gasteiger partial charge is 0.243 e. The van der Waals surface area contributed by atoms with Crippen molar-refractivity contribution in [1.29, 1.82) is 0 Å². The summed E-state index contributed by atoms with van der Waals surface area (Å²) in [5.74, 6) is 1.81. The monoisotopic (exact) mass is 423 g/mol. The Hall–Kier alpha value is -1.64. The van der Waals surface area contributed by atoms with E-state index in [1.54, 1.807) is 31.4 Å². The molecule has 2 fully saturated rings. The molecule has 1 aromatic carbocycles. The Bertz CT molecular complexity index is 789. The van der Waals surface area contributed by atoms with Crippen molar-refractivity contribution in [3.63, 3.8) is 0 Å². The van der Waals surface area contributed by atoms with Gasteiger partial charge in [-0.25, -0.2) is 8.42 Å². The Labute approximate surface area is 174 Å². The van der Waals surface area contributed by atoms with E-state index in [0.29, 0.717) is 50.3 Å². The highest BCUT2D eigenvalue weighted by molar-refractivity contribution is 7.89. The molecular weight excluding hydrogens is 390 g/mol. The Morgan fingerprint density at radius 3 is 2.38 bits per heavy atom. The number of carbonyl (C=O) groups is 1. The summed E-state index contributed by atoms with van der Waals surface area (Å²) in [5.41, 5.74) is 0. The van der Waals surface area contributed by atoms with Gasteiger partial charge < -0.3 is 10.1 Å². The summed E-state index contributed by atoms with van der Waals surface area (Å²) in [6.45, 7) is 6.69. The van der Waals surface area contributed by atoms with Crippen LogP contribution in [-0.2, 0) is 14.8 Å². The molecular formula is C21H33N3O4S. The number of nitrogens with zero attached hydrogens (tertiary/aromatic N) is 2. The molecule has 3 atom stereocenters. The summed E-state index contributed by atoms with van der Waals surface area (Å²) in [6, 6.07) is 6.70. The first-order chi connectivity index (χ1) is 13.8. The van der Waals surface area contributed by atoms with Crippen molar-refractivity contribution in [2.75, 3.05) is 39.8 Å². The van der Waals surface area contributed by atoms with Gasteiger partial charge in [-0.15, -0.1) is 0 Å². The number of hydrogen-bond acceptors (Lipinski definition) is 5. The quantitative estimate of drug-likeness (QED) is 0.757. The van der Waals surface area contributed by atoms with Crippen molar-refractivity contribution >= 4 is 15.9 Å². The number of ether oxygens (including phenoxy) is 1. The minimum absolute atomic E-state index is 0.0439. The Balaban J connectivity index is 1.50. The van der Waals surface area contributed by atoms with Crippen molar-refractivity contribution in [3.05, 3.63) is 24.3 Å². The third-order valence-electron chi connectivity index (χ3n) is 6.45. The van der Waals surface area contributed by atoms with Crippen LogP contribution in [-0.4, -0.2) is 69.4 Å². The number of methoxy groups -OCH3 is 1. The molecule has 1 aliphatic carbocycles. The molecule has 2 aliphatic rings. The van der Waals surface area contributed by atoms with Gasteiger partial charge in [0, 0.05) is 32.2 Å². The molecule has 1 heterocycles. The van der Waals surface area contributed by atoms with Gasteiger partial charge in [-0.05, 0) is 42.5 Å². The molecule has 0 bridgehead atoms. The summed E-state index contributed by atoms with van der Waals surface area (Å²) in [6.07, 6.45) is 3.45. The highest BCUT2D eigenvalue weighted by atomic mass is 32.2. The molecule has 0 aromatic heterocycles. The van der Waals surface area contributed by atoms with Gasteiger partial charge in [-0.1, -0.05) is 26.7 Å². The summed E-state index contributed by atoms with van der Waals surface area (Å²) < 4.78 is 32.3. The molecule has 1 amide bonds. The predicted molar refractivity (Wildman–Crippen MR) is 112 cm³/mol. The highest BCUT2D eigenvalue weighted by Gasteiger charge is 2.31. The number of benzene rings is 1. The number of carbonyl (C=O) groups excluding carboxylic acids is 1. The lowest BCUT2D eigenvalue weighted by Crippen LogP contribution is -2.52. The average molecular weight is 424 g/mol. The number of sulfonamides is 1. The van der Waals surface area contributed by atoms with E-state index in [1.807, 2.05) is 4.90 Å². The SMILES string of the molecule is COc1ccc(S(=O)(=O)N2CCN(CC(=O)N[C@@H]3CCC[C@@H](C)[C@@H]3C)CC2)cc1. The maximum atomic E-state index is 12.8. The van der Waals surface area contributed by atoms with Gasteiger partial charge in [0.15, 0.2) is 0 Å². The van der Waals surface area contributed by atoms with Gasteiger partial charge in [0.25, 0.3) is 0 Å². The number of piperazine rings is 1.